The topological polar surface area (TPSA) is 51.2 Å². The van der Waals surface area contributed by atoms with E-state index in [1.54, 1.807) is 24.8 Å². The number of amides is 1. The van der Waals surface area contributed by atoms with Crippen LogP contribution in [0.15, 0.2) is 40.3 Å². The number of hydrogen-bond acceptors (Lipinski definition) is 4. The molecule has 0 aliphatic rings. The Morgan fingerprint density at radius 3 is 3.05 bits per heavy atom. The fourth-order valence-corrected chi connectivity index (χ4v) is 2.34. The van der Waals surface area contributed by atoms with E-state index in [1.807, 2.05) is 18.2 Å². The first-order valence-corrected chi connectivity index (χ1v) is 7.08. The lowest BCUT2D eigenvalue weighted by atomic mass is 10.2. The van der Waals surface area contributed by atoms with E-state index in [0.717, 1.165) is 10.0 Å². The van der Waals surface area contributed by atoms with Gasteiger partial charge in [0, 0.05) is 27.7 Å². The summed E-state index contributed by atoms with van der Waals surface area (Å²) in [5.41, 5.74) is 0.825. The van der Waals surface area contributed by atoms with Crippen molar-refractivity contribution in [3.05, 3.63) is 45.9 Å². The van der Waals surface area contributed by atoms with Crippen LogP contribution in [0.1, 0.15) is 5.56 Å². The summed E-state index contributed by atoms with van der Waals surface area (Å²) in [4.78, 5) is 15.7. The fourth-order valence-electron chi connectivity index (χ4n) is 1.43. The van der Waals surface area contributed by atoms with Gasteiger partial charge in [-0.25, -0.2) is 4.98 Å². The molecular formula is C13H11BrN2O2S. The SMILES string of the molecule is COc1ccc(Br)cc1C=CC(=O)Nc1nccs1. The standard InChI is InChI=1S/C13H11BrN2O2S/c1-18-11-4-3-10(14)8-9(11)2-5-12(17)16-13-15-6-7-19-13/h2-8H,1H3,(H,15,16,17). The van der Waals surface area contributed by atoms with Crippen LogP contribution < -0.4 is 10.1 Å². The third-order valence-corrected chi connectivity index (χ3v) is 3.45. The number of nitrogens with zero attached hydrogens (tertiary/aromatic N) is 1. The maximum Gasteiger partial charge on any atom is 0.250 e. The molecule has 0 unspecified atom stereocenters. The van der Waals surface area contributed by atoms with Crippen molar-refractivity contribution in [3.8, 4) is 5.75 Å². The van der Waals surface area contributed by atoms with Gasteiger partial charge in [0.15, 0.2) is 5.13 Å². The smallest absolute Gasteiger partial charge is 0.250 e. The number of carbonyl (C=O) groups excluding carboxylic acids is 1. The highest BCUT2D eigenvalue weighted by Gasteiger charge is 2.02. The average molecular weight is 339 g/mol. The Labute approximate surface area is 123 Å². The van der Waals surface area contributed by atoms with Crippen molar-refractivity contribution < 1.29 is 9.53 Å². The predicted molar refractivity (Wildman–Crippen MR) is 80.5 cm³/mol. The Hall–Kier alpha value is -1.66. The molecule has 0 aliphatic carbocycles. The number of methoxy groups -OCH3 is 1. The molecule has 0 atom stereocenters. The molecule has 0 radical (unpaired) electrons. The number of anilines is 1. The molecule has 1 heterocycles. The highest BCUT2D eigenvalue weighted by atomic mass is 79.9. The second kappa shape index (κ2) is 6.49. The van der Waals surface area contributed by atoms with E-state index in [1.165, 1.54) is 17.4 Å². The van der Waals surface area contributed by atoms with Crippen LogP contribution in [0, 0.1) is 0 Å². The van der Waals surface area contributed by atoms with Crippen LogP contribution in [-0.4, -0.2) is 18.0 Å². The van der Waals surface area contributed by atoms with Crippen LogP contribution in [0.4, 0.5) is 5.13 Å². The van der Waals surface area contributed by atoms with Gasteiger partial charge in [0.05, 0.1) is 7.11 Å². The van der Waals surface area contributed by atoms with Crippen LogP contribution in [0.2, 0.25) is 0 Å². The number of thiazole rings is 1. The average Bonchev–Trinajstić information content (AvgIpc) is 2.89. The molecule has 4 nitrogen and oxygen atoms in total. The number of halogens is 1. The Morgan fingerprint density at radius 1 is 1.53 bits per heavy atom. The summed E-state index contributed by atoms with van der Waals surface area (Å²) in [7, 11) is 1.59. The van der Waals surface area contributed by atoms with E-state index >= 15 is 0 Å². The summed E-state index contributed by atoms with van der Waals surface area (Å²) in [6.07, 6.45) is 4.79. The molecule has 1 amide bonds. The summed E-state index contributed by atoms with van der Waals surface area (Å²) >= 11 is 4.76. The molecule has 2 aromatic rings. The van der Waals surface area contributed by atoms with Gasteiger partial charge in [0.2, 0.25) is 5.91 Å². The molecule has 0 saturated carbocycles. The third kappa shape index (κ3) is 3.90. The molecule has 19 heavy (non-hydrogen) atoms. The van der Waals surface area contributed by atoms with E-state index < -0.39 is 0 Å². The summed E-state index contributed by atoms with van der Waals surface area (Å²) in [5.74, 6) is 0.485. The minimum absolute atomic E-state index is 0.225. The first kappa shape index (κ1) is 13.8. The fraction of sp³-hybridized carbons (Fsp3) is 0.0769. The van der Waals surface area contributed by atoms with E-state index in [4.69, 9.17) is 4.74 Å². The van der Waals surface area contributed by atoms with Crippen LogP contribution >= 0.6 is 27.3 Å². The zero-order valence-corrected chi connectivity index (χ0v) is 12.5. The molecule has 2 rings (SSSR count). The van der Waals surface area contributed by atoms with E-state index in [2.05, 4.69) is 26.2 Å². The van der Waals surface area contributed by atoms with Gasteiger partial charge in [0.1, 0.15) is 5.75 Å². The molecule has 1 aromatic heterocycles. The largest absolute Gasteiger partial charge is 0.496 e. The first-order valence-electron chi connectivity index (χ1n) is 5.41. The quantitative estimate of drug-likeness (QED) is 0.867. The van der Waals surface area contributed by atoms with Gasteiger partial charge >= 0.3 is 0 Å². The summed E-state index contributed by atoms with van der Waals surface area (Å²) in [6, 6.07) is 5.60. The number of carbonyl (C=O) groups is 1. The Kier molecular flexibility index (Phi) is 4.70. The maximum absolute atomic E-state index is 11.7. The summed E-state index contributed by atoms with van der Waals surface area (Å²) < 4.78 is 6.15. The normalized spacial score (nSPS) is 10.6. The number of benzene rings is 1. The second-order valence-corrected chi connectivity index (χ2v) is 5.36. The van der Waals surface area contributed by atoms with Crippen LogP contribution in [-0.2, 0) is 4.79 Å². The van der Waals surface area contributed by atoms with E-state index in [0.29, 0.717) is 10.9 Å². The van der Waals surface area contributed by atoms with Gasteiger partial charge in [-0.15, -0.1) is 11.3 Å². The van der Waals surface area contributed by atoms with Gasteiger partial charge in [-0.2, -0.15) is 0 Å². The van der Waals surface area contributed by atoms with E-state index in [-0.39, 0.29) is 5.91 Å². The lowest BCUT2D eigenvalue weighted by Crippen LogP contribution is -2.07. The van der Waals surface area contributed by atoms with Gasteiger partial charge in [-0.3, -0.25) is 10.1 Å². The van der Waals surface area contributed by atoms with Crippen LogP contribution in [0.5, 0.6) is 5.75 Å². The number of aromatic nitrogens is 1. The van der Waals surface area contributed by atoms with Crippen molar-refractivity contribution in [2.45, 2.75) is 0 Å². The molecule has 0 bridgehead atoms. The molecule has 6 heteroatoms. The zero-order valence-electron chi connectivity index (χ0n) is 10.1. The number of nitrogens with one attached hydrogen (secondary N) is 1. The molecule has 98 valence electrons. The number of ether oxygens (including phenoxy) is 1. The second-order valence-electron chi connectivity index (χ2n) is 3.55. The van der Waals surface area contributed by atoms with E-state index in [9.17, 15) is 4.79 Å². The molecule has 0 fully saturated rings. The lowest BCUT2D eigenvalue weighted by molar-refractivity contribution is -0.111. The molecule has 1 N–H and O–H groups in total. The Balaban J connectivity index is 2.09. The van der Waals surface area contributed by atoms with Gasteiger partial charge in [-0.1, -0.05) is 15.9 Å². The van der Waals surface area contributed by atoms with Crippen molar-refractivity contribution in [1.82, 2.24) is 4.98 Å². The molecule has 1 aromatic carbocycles. The molecule has 0 aliphatic heterocycles. The zero-order chi connectivity index (χ0) is 13.7. The van der Waals surface area contributed by atoms with Gasteiger partial charge in [-0.05, 0) is 24.3 Å². The van der Waals surface area contributed by atoms with Gasteiger partial charge in [0.25, 0.3) is 0 Å². The van der Waals surface area contributed by atoms with Crippen LogP contribution in [0.3, 0.4) is 0 Å². The van der Waals surface area contributed by atoms with Crippen molar-refractivity contribution in [2.24, 2.45) is 0 Å². The number of hydrogen-bond donors (Lipinski definition) is 1. The minimum atomic E-state index is -0.225. The molecule has 0 spiro atoms. The monoisotopic (exact) mass is 338 g/mol. The predicted octanol–water partition coefficient (Wildman–Crippen LogP) is 3.57. The molecular weight excluding hydrogens is 328 g/mol. The van der Waals surface area contributed by atoms with Crippen molar-refractivity contribution in [2.75, 3.05) is 12.4 Å². The summed E-state index contributed by atoms with van der Waals surface area (Å²) in [5, 5.41) is 5.06. The minimum Gasteiger partial charge on any atom is -0.496 e. The molecule has 0 saturated heterocycles. The van der Waals surface area contributed by atoms with Crippen molar-refractivity contribution in [1.29, 1.82) is 0 Å². The Morgan fingerprint density at radius 2 is 2.37 bits per heavy atom. The highest BCUT2D eigenvalue weighted by Crippen LogP contribution is 2.24. The lowest BCUT2D eigenvalue weighted by Gasteiger charge is -2.04. The highest BCUT2D eigenvalue weighted by molar-refractivity contribution is 9.10. The van der Waals surface area contributed by atoms with Crippen LogP contribution in [0.25, 0.3) is 6.08 Å². The Bertz CT molecular complexity index is 597. The third-order valence-electron chi connectivity index (χ3n) is 2.27. The van der Waals surface area contributed by atoms with Crippen molar-refractivity contribution >= 4 is 44.4 Å². The first-order chi connectivity index (χ1) is 9.19. The van der Waals surface area contributed by atoms with Gasteiger partial charge < -0.3 is 4.74 Å². The van der Waals surface area contributed by atoms with Crippen molar-refractivity contribution in [3.63, 3.8) is 0 Å². The maximum atomic E-state index is 11.7. The number of rotatable bonds is 4. The summed E-state index contributed by atoms with van der Waals surface area (Å²) in [6.45, 7) is 0.